The van der Waals surface area contributed by atoms with E-state index < -0.39 is 0 Å². The highest BCUT2D eigenvalue weighted by molar-refractivity contribution is 7.98. The lowest BCUT2D eigenvalue weighted by molar-refractivity contribution is 0.372. The van der Waals surface area contributed by atoms with Crippen molar-refractivity contribution in [3.63, 3.8) is 0 Å². The Morgan fingerprint density at radius 1 is 1.19 bits per heavy atom. The van der Waals surface area contributed by atoms with E-state index in [2.05, 4.69) is 41.5 Å². The van der Waals surface area contributed by atoms with E-state index in [0.717, 1.165) is 46.8 Å². The minimum atomic E-state index is 0.725. The molecule has 0 unspecified atom stereocenters. The predicted octanol–water partition coefficient (Wildman–Crippen LogP) is 4.84. The van der Waals surface area contributed by atoms with Gasteiger partial charge >= 0.3 is 0 Å². The summed E-state index contributed by atoms with van der Waals surface area (Å²) in [7, 11) is 0. The van der Waals surface area contributed by atoms with E-state index in [1.165, 1.54) is 29.0 Å². The minimum Gasteiger partial charge on any atom is -0.317 e. The van der Waals surface area contributed by atoms with Gasteiger partial charge in [-0.15, -0.1) is 11.3 Å². The van der Waals surface area contributed by atoms with Crippen LogP contribution in [0.25, 0.3) is 21.8 Å². The van der Waals surface area contributed by atoms with Gasteiger partial charge in [0.05, 0.1) is 21.3 Å². The van der Waals surface area contributed by atoms with Gasteiger partial charge in [-0.25, -0.2) is 15.0 Å². The number of benzene rings is 1. The van der Waals surface area contributed by atoms with Crippen LogP contribution in [0.1, 0.15) is 23.4 Å². The molecule has 1 fully saturated rings. The van der Waals surface area contributed by atoms with Crippen molar-refractivity contribution >= 4 is 23.1 Å². The summed E-state index contributed by atoms with van der Waals surface area (Å²) in [5.41, 5.74) is 4.44. The molecule has 6 heteroatoms. The van der Waals surface area contributed by atoms with Gasteiger partial charge in [0, 0.05) is 18.2 Å². The Hall–Kier alpha value is -1.76. The second-order valence-electron chi connectivity index (χ2n) is 6.98. The number of nitrogens with zero attached hydrogens (tertiary/aromatic N) is 3. The van der Waals surface area contributed by atoms with Crippen LogP contribution in [0.5, 0.6) is 0 Å². The molecule has 140 valence electrons. The summed E-state index contributed by atoms with van der Waals surface area (Å²) in [5, 5.41) is 5.47. The minimum absolute atomic E-state index is 0.725. The van der Waals surface area contributed by atoms with Crippen LogP contribution in [-0.2, 0) is 6.42 Å². The molecule has 4 rings (SSSR count). The normalized spacial score (nSPS) is 15.2. The number of hydrogen-bond acceptors (Lipinski definition) is 6. The summed E-state index contributed by atoms with van der Waals surface area (Å²) < 4.78 is 0. The van der Waals surface area contributed by atoms with E-state index in [0.29, 0.717) is 0 Å². The van der Waals surface area contributed by atoms with Crippen LogP contribution in [0.3, 0.4) is 0 Å². The topological polar surface area (TPSA) is 50.7 Å². The summed E-state index contributed by atoms with van der Waals surface area (Å²) in [4.78, 5) is 15.3. The van der Waals surface area contributed by atoms with E-state index >= 15 is 0 Å². The van der Waals surface area contributed by atoms with E-state index in [9.17, 15) is 0 Å². The molecule has 1 N–H and O–H groups in total. The standard InChI is InChI=1S/C21H24N4S2/c1-14-4-3-5-16(12-14)19-20(17-8-11-23-21(24-17)26-2)27-18(25-19)13-15-6-9-22-10-7-15/h3-5,8,11-12,15,22H,6-7,9-10,13H2,1-2H3. The van der Waals surface area contributed by atoms with Crippen molar-refractivity contribution in [2.75, 3.05) is 19.3 Å². The lowest BCUT2D eigenvalue weighted by atomic mass is 9.95. The van der Waals surface area contributed by atoms with Crippen LogP contribution >= 0.6 is 23.1 Å². The fourth-order valence-corrected chi connectivity index (χ4v) is 5.04. The molecule has 1 saturated heterocycles. The van der Waals surface area contributed by atoms with Gasteiger partial charge in [0.15, 0.2) is 5.16 Å². The third-order valence-corrected chi connectivity index (χ3v) is 6.60. The van der Waals surface area contributed by atoms with Crippen LogP contribution in [0.4, 0.5) is 0 Å². The molecule has 0 spiro atoms. The number of thiazole rings is 1. The first kappa shape index (κ1) is 18.6. The zero-order valence-electron chi connectivity index (χ0n) is 15.7. The average Bonchev–Trinajstić information content (AvgIpc) is 3.13. The molecule has 0 atom stereocenters. The summed E-state index contributed by atoms with van der Waals surface area (Å²) in [6.45, 7) is 4.37. The molecule has 0 aliphatic carbocycles. The summed E-state index contributed by atoms with van der Waals surface area (Å²) in [6.07, 6.45) is 7.39. The highest BCUT2D eigenvalue weighted by Gasteiger charge is 2.20. The van der Waals surface area contributed by atoms with E-state index in [4.69, 9.17) is 9.97 Å². The van der Waals surface area contributed by atoms with Crippen molar-refractivity contribution in [3.8, 4) is 21.8 Å². The molecule has 1 aromatic carbocycles. The molecular formula is C21H24N4S2. The number of thioether (sulfide) groups is 1. The molecule has 27 heavy (non-hydrogen) atoms. The monoisotopic (exact) mass is 396 g/mol. The predicted molar refractivity (Wildman–Crippen MR) is 114 cm³/mol. The van der Waals surface area contributed by atoms with Gasteiger partial charge in [0.25, 0.3) is 0 Å². The number of aryl methyl sites for hydroxylation is 1. The van der Waals surface area contributed by atoms with Gasteiger partial charge in [0.2, 0.25) is 0 Å². The van der Waals surface area contributed by atoms with Crippen molar-refractivity contribution in [3.05, 3.63) is 47.1 Å². The quantitative estimate of drug-likeness (QED) is 0.494. The first-order valence-electron chi connectivity index (χ1n) is 9.38. The number of piperidine rings is 1. The molecule has 0 amide bonds. The lowest BCUT2D eigenvalue weighted by Gasteiger charge is -2.21. The molecule has 0 saturated carbocycles. The molecule has 0 radical (unpaired) electrons. The van der Waals surface area contributed by atoms with Crippen LogP contribution in [0.2, 0.25) is 0 Å². The van der Waals surface area contributed by atoms with Crippen LogP contribution in [0, 0.1) is 12.8 Å². The average molecular weight is 397 g/mol. The highest BCUT2D eigenvalue weighted by Crippen LogP contribution is 2.37. The van der Waals surface area contributed by atoms with Gasteiger partial charge in [-0.3, -0.25) is 0 Å². The Balaban J connectivity index is 1.74. The molecule has 1 aliphatic heterocycles. The molecule has 4 nitrogen and oxygen atoms in total. The summed E-state index contributed by atoms with van der Waals surface area (Å²) in [6, 6.07) is 10.6. The maximum absolute atomic E-state index is 5.08. The molecule has 3 aromatic rings. The van der Waals surface area contributed by atoms with Crippen molar-refractivity contribution in [2.45, 2.75) is 31.3 Å². The van der Waals surface area contributed by atoms with Gasteiger partial charge in [0.1, 0.15) is 0 Å². The van der Waals surface area contributed by atoms with E-state index in [1.807, 2.05) is 18.5 Å². The third-order valence-electron chi connectivity index (χ3n) is 4.93. The van der Waals surface area contributed by atoms with Crippen molar-refractivity contribution in [1.82, 2.24) is 20.3 Å². The number of nitrogens with one attached hydrogen (secondary N) is 1. The van der Waals surface area contributed by atoms with Gasteiger partial charge < -0.3 is 5.32 Å². The fourth-order valence-electron chi connectivity index (χ4n) is 3.51. The Kier molecular flexibility index (Phi) is 5.86. The largest absolute Gasteiger partial charge is 0.317 e. The van der Waals surface area contributed by atoms with Crippen molar-refractivity contribution in [1.29, 1.82) is 0 Å². The van der Waals surface area contributed by atoms with Gasteiger partial charge in [-0.05, 0) is 57.2 Å². The smallest absolute Gasteiger partial charge is 0.187 e. The Labute approximate surface area is 168 Å². The van der Waals surface area contributed by atoms with Crippen molar-refractivity contribution < 1.29 is 0 Å². The van der Waals surface area contributed by atoms with Crippen molar-refractivity contribution in [2.24, 2.45) is 5.92 Å². The van der Waals surface area contributed by atoms with Gasteiger partial charge in [-0.2, -0.15) is 0 Å². The first-order chi connectivity index (χ1) is 13.2. The zero-order valence-corrected chi connectivity index (χ0v) is 17.4. The summed E-state index contributed by atoms with van der Waals surface area (Å²) >= 11 is 3.37. The van der Waals surface area contributed by atoms with E-state index in [-0.39, 0.29) is 0 Å². The Bertz CT molecular complexity index is 916. The maximum Gasteiger partial charge on any atom is 0.187 e. The highest BCUT2D eigenvalue weighted by atomic mass is 32.2. The second kappa shape index (κ2) is 8.50. The maximum atomic E-state index is 5.08. The first-order valence-corrected chi connectivity index (χ1v) is 11.4. The fraction of sp³-hybridized carbons (Fsp3) is 0.381. The van der Waals surface area contributed by atoms with Gasteiger partial charge in [-0.1, -0.05) is 35.5 Å². The molecule has 2 aromatic heterocycles. The SMILES string of the molecule is CSc1nccc(-c2sc(CC3CCNCC3)nc2-c2cccc(C)c2)n1. The number of aromatic nitrogens is 3. The zero-order chi connectivity index (χ0) is 18.6. The van der Waals surface area contributed by atoms with Crippen LogP contribution < -0.4 is 5.32 Å². The lowest BCUT2D eigenvalue weighted by Crippen LogP contribution is -2.28. The molecular weight excluding hydrogens is 372 g/mol. The second-order valence-corrected chi connectivity index (χ2v) is 8.84. The number of hydrogen-bond donors (Lipinski definition) is 1. The number of rotatable bonds is 5. The summed E-state index contributed by atoms with van der Waals surface area (Å²) in [5.74, 6) is 0.725. The van der Waals surface area contributed by atoms with Crippen LogP contribution in [0.15, 0.2) is 41.7 Å². The Morgan fingerprint density at radius 3 is 2.81 bits per heavy atom. The van der Waals surface area contributed by atoms with E-state index in [1.54, 1.807) is 23.1 Å². The molecule has 3 heterocycles. The third kappa shape index (κ3) is 4.39. The molecule has 1 aliphatic rings. The van der Waals surface area contributed by atoms with Crippen LogP contribution in [-0.4, -0.2) is 34.3 Å². The Morgan fingerprint density at radius 2 is 2.04 bits per heavy atom. The molecule has 0 bridgehead atoms.